The standard InChI is InChI=1S/C13H15Cl2N5S/c1-7(21-10-6-8(14)4-5-9(10)15)11-17-12(16)19-13(18-11)20(2)3/h4-7H,1-3H3,(H2,16,17,18,19). The van der Waals surface area contributed by atoms with E-state index in [1.165, 1.54) is 11.8 Å². The molecule has 0 spiro atoms. The lowest BCUT2D eigenvalue weighted by atomic mass is 10.4. The summed E-state index contributed by atoms with van der Waals surface area (Å²) < 4.78 is 0. The van der Waals surface area contributed by atoms with Crippen molar-refractivity contribution in [2.75, 3.05) is 24.7 Å². The molecule has 0 aliphatic heterocycles. The number of rotatable bonds is 4. The van der Waals surface area contributed by atoms with Crippen LogP contribution in [0, 0.1) is 0 Å². The zero-order chi connectivity index (χ0) is 15.6. The molecule has 0 amide bonds. The van der Waals surface area contributed by atoms with Crippen LogP contribution in [0.15, 0.2) is 23.1 Å². The van der Waals surface area contributed by atoms with Crippen LogP contribution in [0.25, 0.3) is 0 Å². The molecule has 2 N–H and O–H groups in total. The maximum absolute atomic E-state index is 6.18. The first kappa shape index (κ1) is 16.1. The van der Waals surface area contributed by atoms with Crippen LogP contribution in [0.2, 0.25) is 10.0 Å². The number of anilines is 2. The highest BCUT2D eigenvalue weighted by molar-refractivity contribution is 7.99. The predicted molar refractivity (Wildman–Crippen MR) is 89.3 cm³/mol. The second-order valence-corrected chi connectivity index (χ2v) is 6.81. The second kappa shape index (κ2) is 6.68. The first-order valence-corrected chi connectivity index (χ1v) is 7.81. The monoisotopic (exact) mass is 343 g/mol. The van der Waals surface area contributed by atoms with Gasteiger partial charge in [0, 0.05) is 24.0 Å². The molecule has 0 saturated carbocycles. The van der Waals surface area contributed by atoms with Crippen LogP contribution in [-0.2, 0) is 0 Å². The Morgan fingerprint density at radius 1 is 1.19 bits per heavy atom. The van der Waals surface area contributed by atoms with Crippen LogP contribution >= 0.6 is 35.0 Å². The molecule has 2 aromatic rings. The van der Waals surface area contributed by atoms with E-state index in [1.807, 2.05) is 27.1 Å². The first-order chi connectivity index (χ1) is 9.86. The number of hydrogen-bond donors (Lipinski definition) is 1. The number of hydrogen-bond acceptors (Lipinski definition) is 6. The van der Waals surface area contributed by atoms with E-state index in [1.54, 1.807) is 17.0 Å². The van der Waals surface area contributed by atoms with Gasteiger partial charge in [0.15, 0.2) is 0 Å². The summed E-state index contributed by atoms with van der Waals surface area (Å²) in [5, 5.41) is 1.24. The quantitative estimate of drug-likeness (QED) is 0.854. The fraction of sp³-hybridized carbons (Fsp3) is 0.308. The Morgan fingerprint density at radius 2 is 1.90 bits per heavy atom. The minimum atomic E-state index is -0.0371. The zero-order valence-electron chi connectivity index (χ0n) is 11.8. The Labute approximate surface area is 137 Å². The molecule has 0 bridgehead atoms. The van der Waals surface area contributed by atoms with E-state index in [9.17, 15) is 0 Å². The summed E-state index contributed by atoms with van der Waals surface area (Å²) in [4.78, 5) is 15.3. The van der Waals surface area contributed by atoms with Crippen LogP contribution in [-0.4, -0.2) is 29.0 Å². The van der Waals surface area contributed by atoms with Crippen molar-refractivity contribution in [2.24, 2.45) is 0 Å². The maximum atomic E-state index is 6.18. The van der Waals surface area contributed by atoms with Crippen molar-refractivity contribution >= 4 is 46.9 Å². The molecule has 5 nitrogen and oxygen atoms in total. The molecule has 0 saturated heterocycles. The maximum Gasteiger partial charge on any atom is 0.229 e. The van der Waals surface area contributed by atoms with Gasteiger partial charge in [0.1, 0.15) is 5.82 Å². The summed E-state index contributed by atoms with van der Waals surface area (Å²) in [6, 6.07) is 5.35. The number of nitrogens with two attached hydrogens (primary N) is 1. The summed E-state index contributed by atoms with van der Waals surface area (Å²) in [5.74, 6) is 1.34. The lowest BCUT2D eigenvalue weighted by Gasteiger charge is -2.15. The van der Waals surface area contributed by atoms with Crippen molar-refractivity contribution in [1.82, 2.24) is 15.0 Å². The van der Waals surface area contributed by atoms with Gasteiger partial charge in [-0.3, -0.25) is 0 Å². The highest BCUT2D eigenvalue weighted by Gasteiger charge is 2.16. The van der Waals surface area contributed by atoms with Crippen molar-refractivity contribution in [3.8, 4) is 0 Å². The molecule has 0 aliphatic rings. The van der Waals surface area contributed by atoms with E-state index in [0.29, 0.717) is 21.8 Å². The van der Waals surface area contributed by atoms with Gasteiger partial charge in [-0.1, -0.05) is 23.2 Å². The Morgan fingerprint density at radius 3 is 2.57 bits per heavy atom. The molecular formula is C13H15Cl2N5S. The minimum absolute atomic E-state index is 0.0371. The first-order valence-electron chi connectivity index (χ1n) is 6.17. The average molecular weight is 344 g/mol. The summed E-state index contributed by atoms with van der Waals surface area (Å²) in [7, 11) is 3.70. The van der Waals surface area contributed by atoms with E-state index in [-0.39, 0.29) is 11.2 Å². The summed E-state index contributed by atoms with van der Waals surface area (Å²) in [6.07, 6.45) is 0. The van der Waals surface area contributed by atoms with Gasteiger partial charge in [0.2, 0.25) is 11.9 Å². The van der Waals surface area contributed by atoms with E-state index in [0.717, 1.165) is 4.90 Å². The summed E-state index contributed by atoms with van der Waals surface area (Å²) in [5.41, 5.74) is 5.74. The third-order valence-corrected chi connectivity index (χ3v) is 4.45. The van der Waals surface area contributed by atoms with Gasteiger partial charge < -0.3 is 10.6 Å². The normalized spacial score (nSPS) is 12.2. The number of halogens is 2. The molecule has 2 rings (SSSR count). The van der Waals surface area contributed by atoms with Crippen LogP contribution in [0.1, 0.15) is 18.0 Å². The third-order valence-electron chi connectivity index (χ3n) is 2.62. The summed E-state index contributed by atoms with van der Waals surface area (Å²) >= 11 is 13.7. The highest BCUT2D eigenvalue weighted by atomic mass is 35.5. The van der Waals surface area contributed by atoms with Crippen LogP contribution in [0.5, 0.6) is 0 Å². The van der Waals surface area contributed by atoms with E-state index in [2.05, 4.69) is 15.0 Å². The van der Waals surface area contributed by atoms with Gasteiger partial charge in [-0.15, -0.1) is 11.8 Å². The topological polar surface area (TPSA) is 67.9 Å². The van der Waals surface area contributed by atoms with Crippen LogP contribution in [0.4, 0.5) is 11.9 Å². The predicted octanol–water partition coefficient (Wildman–Crippen LogP) is 3.68. The summed E-state index contributed by atoms with van der Waals surface area (Å²) in [6.45, 7) is 1.98. The second-order valence-electron chi connectivity index (χ2n) is 4.58. The van der Waals surface area contributed by atoms with Gasteiger partial charge in [-0.05, 0) is 25.1 Å². The van der Waals surface area contributed by atoms with Gasteiger partial charge >= 0.3 is 0 Å². The highest BCUT2D eigenvalue weighted by Crippen LogP contribution is 2.38. The molecule has 112 valence electrons. The Bertz CT molecular complexity index is 650. The Kier molecular flexibility index (Phi) is 5.13. The van der Waals surface area contributed by atoms with Gasteiger partial charge in [-0.2, -0.15) is 15.0 Å². The molecule has 1 heterocycles. The SMILES string of the molecule is CC(Sc1cc(Cl)ccc1Cl)c1nc(N)nc(N(C)C)n1. The van der Waals surface area contributed by atoms with Crippen molar-refractivity contribution in [1.29, 1.82) is 0 Å². The van der Waals surface area contributed by atoms with Crippen molar-refractivity contribution in [3.63, 3.8) is 0 Å². The van der Waals surface area contributed by atoms with Gasteiger partial charge in [0.25, 0.3) is 0 Å². The molecule has 8 heteroatoms. The van der Waals surface area contributed by atoms with Crippen LogP contribution < -0.4 is 10.6 Å². The number of benzene rings is 1. The molecule has 1 atom stereocenters. The number of nitrogen functional groups attached to an aromatic ring is 1. The molecule has 1 aromatic carbocycles. The molecule has 0 radical (unpaired) electrons. The lowest BCUT2D eigenvalue weighted by Crippen LogP contribution is -2.16. The molecule has 21 heavy (non-hydrogen) atoms. The largest absolute Gasteiger partial charge is 0.368 e. The number of aromatic nitrogens is 3. The van der Waals surface area contributed by atoms with Gasteiger partial charge in [-0.25, -0.2) is 0 Å². The Hall–Kier alpha value is -1.24. The molecule has 1 unspecified atom stereocenters. The fourth-order valence-corrected chi connectivity index (χ4v) is 3.05. The smallest absolute Gasteiger partial charge is 0.229 e. The van der Waals surface area contributed by atoms with Crippen molar-refractivity contribution < 1.29 is 0 Å². The number of thioether (sulfide) groups is 1. The Balaban J connectivity index is 2.28. The van der Waals surface area contributed by atoms with Gasteiger partial charge in [0.05, 0.1) is 10.3 Å². The van der Waals surface area contributed by atoms with E-state index < -0.39 is 0 Å². The lowest BCUT2D eigenvalue weighted by molar-refractivity contribution is 0.865. The third kappa shape index (κ3) is 4.12. The number of nitrogens with zero attached hydrogens (tertiary/aromatic N) is 4. The molecular weight excluding hydrogens is 329 g/mol. The zero-order valence-corrected chi connectivity index (χ0v) is 14.2. The van der Waals surface area contributed by atoms with Crippen molar-refractivity contribution in [3.05, 3.63) is 34.1 Å². The van der Waals surface area contributed by atoms with Crippen molar-refractivity contribution in [2.45, 2.75) is 17.1 Å². The van der Waals surface area contributed by atoms with E-state index in [4.69, 9.17) is 28.9 Å². The molecule has 0 fully saturated rings. The molecule has 0 aliphatic carbocycles. The van der Waals surface area contributed by atoms with Crippen LogP contribution in [0.3, 0.4) is 0 Å². The average Bonchev–Trinajstić information content (AvgIpc) is 2.42. The minimum Gasteiger partial charge on any atom is -0.368 e. The fourth-order valence-electron chi connectivity index (χ4n) is 1.59. The van der Waals surface area contributed by atoms with E-state index >= 15 is 0 Å². The molecule has 1 aromatic heterocycles.